The van der Waals surface area contributed by atoms with Crippen molar-refractivity contribution < 1.29 is 13.5 Å². The van der Waals surface area contributed by atoms with Gasteiger partial charge in [0.25, 0.3) is 0 Å². The van der Waals surface area contributed by atoms with E-state index in [1.807, 2.05) is 0 Å². The van der Waals surface area contributed by atoms with E-state index >= 15 is 0 Å². The fraction of sp³-hybridized carbons (Fsp3) is 0.222. The molecule has 0 amide bonds. The van der Waals surface area contributed by atoms with Gasteiger partial charge in [0.2, 0.25) is 5.90 Å². The molecule has 1 heterocycles. The zero-order valence-electron chi connectivity index (χ0n) is 6.76. The first-order chi connectivity index (χ1) is 6.25. The molecule has 0 unspecified atom stereocenters. The molecule has 13 heavy (non-hydrogen) atoms. The van der Waals surface area contributed by atoms with E-state index in [-0.39, 0.29) is 0 Å². The number of aliphatic imine (C=N–C) groups is 1. The maximum atomic E-state index is 12.7. The molecule has 0 saturated carbocycles. The van der Waals surface area contributed by atoms with Gasteiger partial charge in [0, 0.05) is 11.6 Å². The summed E-state index contributed by atoms with van der Waals surface area (Å²) in [5.74, 6) is -0.917. The number of halogens is 2. The van der Waals surface area contributed by atoms with Crippen LogP contribution in [0.1, 0.15) is 5.56 Å². The van der Waals surface area contributed by atoms with Crippen LogP contribution in [0, 0.1) is 11.6 Å². The largest absolute Gasteiger partial charge is 0.476 e. The molecule has 0 saturated heterocycles. The van der Waals surface area contributed by atoms with Crippen LogP contribution in [0.5, 0.6) is 0 Å². The first kappa shape index (κ1) is 8.16. The summed E-state index contributed by atoms with van der Waals surface area (Å²) in [5, 5.41) is 0. The molecule has 0 radical (unpaired) electrons. The highest BCUT2D eigenvalue weighted by molar-refractivity contribution is 5.94. The Balaban J connectivity index is 2.39. The number of hydrogen-bond acceptors (Lipinski definition) is 2. The van der Waals surface area contributed by atoms with E-state index < -0.39 is 11.6 Å². The predicted molar refractivity (Wildman–Crippen MR) is 43.7 cm³/mol. The highest BCUT2D eigenvalue weighted by Gasteiger charge is 2.12. The zero-order chi connectivity index (χ0) is 9.26. The SMILES string of the molecule is Fc1cc(F)cc(C2=NCCO2)c1. The van der Waals surface area contributed by atoms with Gasteiger partial charge in [-0.3, -0.25) is 0 Å². The molecular formula is C9H7F2NO. The standard InChI is InChI=1S/C9H7F2NO/c10-7-3-6(4-8(11)5-7)9-12-1-2-13-9/h3-5H,1-2H2. The molecule has 0 bridgehead atoms. The Kier molecular flexibility index (Phi) is 1.96. The molecular weight excluding hydrogens is 176 g/mol. The van der Waals surface area contributed by atoms with Crippen LogP contribution in [0.2, 0.25) is 0 Å². The third-order valence-corrected chi connectivity index (χ3v) is 1.69. The first-order valence-electron chi connectivity index (χ1n) is 3.89. The second-order valence-electron chi connectivity index (χ2n) is 2.69. The van der Waals surface area contributed by atoms with Crippen LogP contribution < -0.4 is 0 Å². The Bertz CT molecular complexity index is 342. The van der Waals surface area contributed by atoms with Crippen molar-refractivity contribution in [2.24, 2.45) is 4.99 Å². The third kappa shape index (κ3) is 1.66. The summed E-state index contributed by atoms with van der Waals surface area (Å²) in [4.78, 5) is 3.95. The molecule has 1 aliphatic rings. The normalized spacial score (nSPS) is 15.4. The Morgan fingerprint density at radius 3 is 2.38 bits per heavy atom. The minimum absolute atomic E-state index is 0.318. The van der Waals surface area contributed by atoms with Crippen LogP contribution in [0.4, 0.5) is 8.78 Å². The molecule has 1 aromatic rings. The van der Waals surface area contributed by atoms with E-state index in [1.165, 1.54) is 12.1 Å². The smallest absolute Gasteiger partial charge is 0.216 e. The van der Waals surface area contributed by atoms with Gasteiger partial charge in [-0.25, -0.2) is 13.8 Å². The molecule has 0 fully saturated rings. The monoisotopic (exact) mass is 183 g/mol. The molecule has 0 atom stereocenters. The van der Waals surface area contributed by atoms with Gasteiger partial charge in [0.15, 0.2) is 0 Å². The summed E-state index contributed by atoms with van der Waals surface area (Å²) in [6.07, 6.45) is 0. The molecule has 0 spiro atoms. The van der Waals surface area contributed by atoms with Gasteiger partial charge in [-0.15, -0.1) is 0 Å². The Hall–Kier alpha value is -1.45. The van der Waals surface area contributed by atoms with Crippen LogP contribution in [0.3, 0.4) is 0 Å². The van der Waals surface area contributed by atoms with Crippen LogP contribution in [0.15, 0.2) is 23.2 Å². The molecule has 2 nitrogen and oxygen atoms in total. The van der Waals surface area contributed by atoms with Gasteiger partial charge >= 0.3 is 0 Å². The highest BCUT2D eigenvalue weighted by atomic mass is 19.1. The summed E-state index contributed by atoms with van der Waals surface area (Å²) in [5.41, 5.74) is 0.356. The summed E-state index contributed by atoms with van der Waals surface area (Å²) in [6.45, 7) is 1.03. The van der Waals surface area contributed by atoms with Crippen molar-refractivity contribution in [2.75, 3.05) is 13.2 Å². The fourth-order valence-corrected chi connectivity index (χ4v) is 1.19. The summed E-state index contributed by atoms with van der Waals surface area (Å²) in [7, 11) is 0. The summed E-state index contributed by atoms with van der Waals surface area (Å²) in [6, 6.07) is 3.22. The highest BCUT2D eigenvalue weighted by Crippen LogP contribution is 2.11. The van der Waals surface area contributed by atoms with Crippen LogP contribution in [-0.4, -0.2) is 19.0 Å². The molecule has 0 aliphatic carbocycles. The van der Waals surface area contributed by atoms with Gasteiger partial charge in [0.05, 0.1) is 6.54 Å². The van der Waals surface area contributed by atoms with Gasteiger partial charge < -0.3 is 4.74 Å². The quantitative estimate of drug-likeness (QED) is 0.649. The lowest BCUT2D eigenvalue weighted by Gasteiger charge is -2.01. The Labute approximate surface area is 73.9 Å². The minimum atomic E-state index is -0.617. The van der Waals surface area contributed by atoms with Crippen molar-refractivity contribution in [3.8, 4) is 0 Å². The van der Waals surface area contributed by atoms with Gasteiger partial charge in [-0.1, -0.05) is 0 Å². The topological polar surface area (TPSA) is 21.6 Å². The van der Waals surface area contributed by atoms with Gasteiger partial charge in [-0.05, 0) is 12.1 Å². The van der Waals surface area contributed by atoms with Crippen LogP contribution >= 0.6 is 0 Å². The number of benzene rings is 1. The first-order valence-corrected chi connectivity index (χ1v) is 3.89. The third-order valence-electron chi connectivity index (χ3n) is 1.69. The van der Waals surface area contributed by atoms with Crippen molar-refractivity contribution in [3.05, 3.63) is 35.4 Å². The molecule has 1 aromatic carbocycles. The molecule has 0 aromatic heterocycles. The van der Waals surface area contributed by atoms with E-state index in [4.69, 9.17) is 4.74 Å². The fourth-order valence-electron chi connectivity index (χ4n) is 1.19. The number of hydrogen-bond donors (Lipinski definition) is 0. The van der Waals surface area contributed by atoms with Crippen molar-refractivity contribution in [1.29, 1.82) is 0 Å². The van der Waals surface area contributed by atoms with Crippen molar-refractivity contribution in [2.45, 2.75) is 0 Å². The number of nitrogens with zero attached hydrogens (tertiary/aromatic N) is 1. The predicted octanol–water partition coefficient (Wildman–Crippen LogP) is 1.74. The second kappa shape index (κ2) is 3.12. The molecule has 68 valence electrons. The van der Waals surface area contributed by atoms with E-state index in [0.717, 1.165) is 6.07 Å². The maximum Gasteiger partial charge on any atom is 0.216 e. The lowest BCUT2D eigenvalue weighted by molar-refractivity contribution is 0.348. The van der Waals surface area contributed by atoms with E-state index in [9.17, 15) is 8.78 Å². The summed E-state index contributed by atoms with van der Waals surface area (Å²) < 4.78 is 30.5. The molecule has 0 N–H and O–H groups in total. The second-order valence-corrected chi connectivity index (χ2v) is 2.69. The van der Waals surface area contributed by atoms with E-state index in [1.54, 1.807) is 0 Å². The zero-order valence-corrected chi connectivity index (χ0v) is 6.76. The Morgan fingerprint density at radius 1 is 1.15 bits per heavy atom. The summed E-state index contributed by atoms with van der Waals surface area (Å²) >= 11 is 0. The average Bonchev–Trinajstić information content (AvgIpc) is 2.53. The van der Waals surface area contributed by atoms with E-state index in [0.29, 0.717) is 24.6 Å². The lowest BCUT2D eigenvalue weighted by Crippen LogP contribution is -2.02. The molecule has 1 aliphatic heterocycles. The van der Waals surface area contributed by atoms with Gasteiger partial charge in [0.1, 0.15) is 18.2 Å². The molecule has 4 heteroatoms. The van der Waals surface area contributed by atoms with Crippen molar-refractivity contribution >= 4 is 5.90 Å². The van der Waals surface area contributed by atoms with Crippen LogP contribution in [-0.2, 0) is 4.74 Å². The van der Waals surface area contributed by atoms with Crippen molar-refractivity contribution in [1.82, 2.24) is 0 Å². The number of ether oxygens (including phenoxy) is 1. The minimum Gasteiger partial charge on any atom is -0.476 e. The maximum absolute atomic E-state index is 12.7. The van der Waals surface area contributed by atoms with Gasteiger partial charge in [-0.2, -0.15) is 0 Å². The van der Waals surface area contributed by atoms with E-state index in [2.05, 4.69) is 4.99 Å². The lowest BCUT2D eigenvalue weighted by atomic mass is 10.2. The molecule has 2 rings (SSSR count). The number of rotatable bonds is 1. The Morgan fingerprint density at radius 2 is 1.85 bits per heavy atom. The van der Waals surface area contributed by atoms with Crippen molar-refractivity contribution in [3.63, 3.8) is 0 Å². The van der Waals surface area contributed by atoms with Crippen LogP contribution in [0.25, 0.3) is 0 Å². The average molecular weight is 183 g/mol.